The predicted octanol–water partition coefficient (Wildman–Crippen LogP) is 0.934. The number of hydrogen-bond donors (Lipinski definition) is 4. The molecule has 0 saturated carbocycles. The number of aliphatic hydroxyl groups is 3. The van der Waals surface area contributed by atoms with Gasteiger partial charge < -0.3 is 29.7 Å². The van der Waals surface area contributed by atoms with Crippen molar-refractivity contribution in [2.75, 3.05) is 20.3 Å². The third kappa shape index (κ3) is 7.99. The number of rotatable bonds is 12. The second-order valence-corrected chi connectivity index (χ2v) is 7.66. The quantitative estimate of drug-likeness (QED) is 0.285. The summed E-state index contributed by atoms with van der Waals surface area (Å²) in [7, 11) is -3.23. The van der Waals surface area contributed by atoms with Crippen molar-refractivity contribution in [3.8, 4) is 0 Å². The van der Waals surface area contributed by atoms with E-state index < -0.39 is 45.1 Å². The van der Waals surface area contributed by atoms with Crippen LogP contribution in [0.25, 0.3) is 0 Å². The van der Waals surface area contributed by atoms with Gasteiger partial charge in [0.2, 0.25) is 0 Å². The van der Waals surface area contributed by atoms with E-state index in [0.717, 1.165) is 26.4 Å². The number of phosphoric ester groups is 1. The Hall–Kier alpha value is -0.0900. The third-order valence-corrected chi connectivity index (χ3v) is 5.02. The third-order valence-electron chi connectivity index (χ3n) is 4.08. The molecular formula is C15H31O9P. The van der Waals surface area contributed by atoms with Crippen molar-refractivity contribution in [1.29, 1.82) is 0 Å². The van der Waals surface area contributed by atoms with Crippen LogP contribution in [0.1, 0.15) is 45.4 Å². The molecule has 1 aliphatic heterocycles. The van der Waals surface area contributed by atoms with Crippen LogP contribution in [0.15, 0.2) is 0 Å². The summed E-state index contributed by atoms with van der Waals surface area (Å²) in [6.45, 7) is 1.98. The molecule has 1 unspecified atom stereocenters. The zero-order valence-electron chi connectivity index (χ0n) is 14.8. The molecule has 0 amide bonds. The monoisotopic (exact) mass is 386 g/mol. The van der Waals surface area contributed by atoms with E-state index in [1.165, 1.54) is 19.3 Å². The molecule has 1 fully saturated rings. The van der Waals surface area contributed by atoms with Gasteiger partial charge in [-0.1, -0.05) is 39.0 Å². The van der Waals surface area contributed by atoms with Crippen LogP contribution >= 0.6 is 7.82 Å². The van der Waals surface area contributed by atoms with E-state index in [2.05, 4.69) is 16.0 Å². The molecule has 0 aromatic rings. The van der Waals surface area contributed by atoms with E-state index in [1.54, 1.807) is 0 Å². The molecule has 10 heteroatoms. The van der Waals surface area contributed by atoms with Gasteiger partial charge in [-0.05, 0) is 6.42 Å². The molecule has 1 heterocycles. The lowest BCUT2D eigenvalue weighted by molar-refractivity contribution is -0.300. The van der Waals surface area contributed by atoms with E-state index in [9.17, 15) is 24.8 Å². The highest BCUT2D eigenvalue weighted by Gasteiger charge is 2.45. The van der Waals surface area contributed by atoms with Gasteiger partial charge in [-0.25, -0.2) is 4.57 Å². The summed E-state index contributed by atoms with van der Waals surface area (Å²) < 4.78 is 31.1. The van der Waals surface area contributed by atoms with Crippen LogP contribution in [-0.2, 0) is 23.1 Å². The Morgan fingerprint density at radius 2 is 1.64 bits per heavy atom. The van der Waals surface area contributed by atoms with E-state index in [1.807, 2.05) is 0 Å². The Labute approximate surface area is 148 Å². The summed E-state index contributed by atoms with van der Waals surface area (Å²) >= 11 is 0. The SMILES string of the molecule is CCCCCCCCO[C@@H]1O[C@H](COP(=O)(O)OC)[C@@H](O)[C@H](O)[C@H]1O. The topological polar surface area (TPSA) is 135 Å². The summed E-state index contributed by atoms with van der Waals surface area (Å²) in [6.07, 6.45) is -0.289. The Morgan fingerprint density at radius 3 is 2.28 bits per heavy atom. The Morgan fingerprint density at radius 1 is 1.00 bits per heavy atom. The van der Waals surface area contributed by atoms with Crippen LogP contribution in [0, 0.1) is 0 Å². The van der Waals surface area contributed by atoms with Crippen molar-refractivity contribution in [3.63, 3.8) is 0 Å². The number of aliphatic hydroxyl groups excluding tert-OH is 3. The highest BCUT2D eigenvalue weighted by Crippen LogP contribution is 2.42. The van der Waals surface area contributed by atoms with Gasteiger partial charge in [0.15, 0.2) is 6.29 Å². The van der Waals surface area contributed by atoms with Crippen LogP contribution in [0.2, 0.25) is 0 Å². The van der Waals surface area contributed by atoms with Crippen molar-refractivity contribution in [2.45, 2.75) is 76.2 Å². The molecule has 9 nitrogen and oxygen atoms in total. The minimum absolute atomic E-state index is 0.334. The molecule has 6 atom stereocenters. The van der Waals surface area contributed by atoms with Gasteiger partial charge in [0.25, 0.3) is 0 Å². The molecule has 1 rings (SSSR count). The Kier molecular flexibility index (Phi) is 10.6. The summed E-state index contributed by atoms with van der Waals surface area (Å²) in [6, 6.07) is 0. The Balaban J connectivity index is 2.41. The smallest absolute Gasteiger partial charge is 0.387 e. The average molecular weight is 386 g/mol. The first-order valence-electron chi connectivity index (χ1n) is 8.66. The van der Waals surface area contributed by atoms with Crippen molar-refractivity contribution in [2.24, 2.45) is 0 Å². The van der Waals surface area contributed by atoms with Crippen molar-refractivity contribution in [1.82, 2.24) is 0 Å². The highest BCUT2D eigenvalue weighted by atomic mass is 31.2. The molecule has 0 bridgehead atoms. The first-order chi connectivity index (χ1) is 11.8. The zero-order valence-corrected chi connectivity index (χ0v) is 15.7. The molecule has 0 aliphatic carbocycles. The summed E-state index contributed by atoms with van der Waals surface area (Å²) in [5.74, 6) is 0. The van der Waals surface area contributed by atoms with Gasteiger partial charge in [-0.2, -0.15) is 0 Å². The minimum atomic E-state index is -4.24. The molecule has 0 radical (unpaired) electrons. The van der Waals surface area contributed by atoms with Crippen molar-refractivity contribution >= 4 is 7.82 Å². The molecule has 0 spiro atoms. The van der Waals surface area contributed by atoms with Gasteiger partial charge in [-0.15, -0.1) is 0 Å². The first kappa shape index (κ1) is 23.0. The lowest BCUT2D eigenvalue weighted by Gasteiger charge is -2.40. The summed E-state index contributed by atoms with van der Waals surface area (Å²) in [4.78, 5) is 9.22. The standard InChI is InChI=1S/C15H31O9P/c1-3-4-5-6-7-8-9-22-15-14(18)13(17)12(16)11(24-15)10-23-25(19,20)21-2/h11-18H,3-10H2,1-2H3,(H,19,20)/t11-,12-,13+,14-,15-/m1/s1. The molecule has 25 heavy (non-hydrogen) atoms. The van der Waals surface area contributed by atoms with Crippen molar-refractivity contribution < 1.29 is 43.3 Å². The van der Waals surface area contributed by atoms with Gasteiger partial charge in [0, 0.05) is 13.7 Å². The van der Waals surface area contributed by atoms with Gasteiger partial charge in [-0.3, -0.25) is 9.05 Å². The molecule has 1 aliphatic rings. The molecule has 1 saturated heterocycles. The first-order valence-corrected chi connectivity index (χ1v) is 10.2. The van der Waals surface area contributed by atoms with Crippen LogP contribution in [0.3, 0.4) is 0 Å². The average Bonchev–Trinajstić information content (AvgIpc) is 2.59. The number of hydrogen-bond acceptors (Lipinski definition) is 8. The summed E-state index contributed by atoms with van der Waals surface area (Å²) in [5.41, 5.74) is 0. The van der Waals surface area contributed by atoms with E-state index in [-0.39, 0.29) is 0 Å². The molecule has 0 aromatic heterocycles. The van der Waals surface area contributed by atoms with Gasteiger partial charge in [0.1, 0.15) is 24.4 Å². The Bertz CT molecular complexity index is 408. The fourth-order valence-electron chi connectivity index (χ4n) is 2.49. The summed E-state index contributed by atoms with van der Waals surface area (Å²) in [5, 5.41) is 29.7. The fourth-order valence-corrected chi connectivity index (χ4v) is 2.93. The number of unbranched alkanes of at least 4 members (excludes halogenated alkanes) is 5. The predicted molar refractivity (Wildman–Crippen MR) is 88.8 cm³/mol. The van der Waals surface area contributed by atoms with Crippen molar-refractivity contribution in [3.05, 3.63) is 0 Å². The van der Waals surface area contributed by atoms with E-state index >= 15 is 0 Å². The molecule has 0 aromatic carbocycles. The van der Waals surface area contributed by atoms with Gasteiger partial charge in [0.05, 0.1) is 6.61 Å². The van der Waals surface area contributed by atoms with Crippen LogP contribution in [0.4, 0.5) is 0 Å². The maximum absolute atomic E-state index is 11.3. The second-order valence-electron chi connectivity index (χ2n) is 6.10. The minimum Gasteiger partial charge on any atom is -0.387 e. The van der Waals surface area contributed by atoms with E-state index in [4.69, 9.17) is 9.47 Å². The molecular weight excluding hydrogens is 355 g/mol. The zero-order chi connectivity index (χ0) is 18.9. The number of phosphoric acid groups is 1. The van der Waals surface area contributed by atoms with Crippen LogP contribution < -0.4 is 0 Å². The second kappa shape index (κ2) is 11.6. The number of ether oxygens (including phenoxy) is 2. The van der Waals surface area contributed by atoms with Gasteiger partial charge >= 0.3 is 7.82 Å². The highest BCUT2D eigenvalue weighted by molar-refractivity contribution is 7.47. The molecule has 150 valence electrons. The molecule has 4 N–H and O–H groups in total. The normalized spacial score (nSPS) is 32.5. The lowest BCUT2D eigenvalue weighted by atomic mass is 9.99. The lowest BCUT2D eigenvalue weighted by Crippen LogP contribution is -2.59. The maximum atomic E-state index is 11.3. The largest absolute Gasteiger partial charge is 0.472 e. The van der Waals surface area contributed by atoms with Crippen LogP contribution in [0.5, 0.6) is 0 Å². The van der Waals surface area contributed by atoms with Crippen LogP contribution in [-0.4, -0.2) is 71.2 Å². The van der Waals surface area contributed by atoms with E-state index in [0.29, 0.717) is 6.61 Å². The fraction of sp³-hybridized carbons (Fsp3) is 1.00. The maximum Gasteiger partial charge on any atom is 0.472 e.